The molecule has 1 unspecified atom stereocenters. The molecule has 1 aliphatic rings. The van der Waals surface area contributed by atoms with E-state index >= 15 is 0 Å². The molecule has 0 aromatic rings. The highest BCUT2D eigenvalue weighted by Gasteiger charge is 2.20. The van der Waals surface area contributed by atoms with Gasteiger partial charge in [0, 0.05) is 26.2 Å². The summed E-state index contributed by atoms with van der Waals surface area (Å²) in [6, 6.07) is 0.295. The largest absolute Gasteiger partial charge is 0.355 e. The molecular weight excluding hydrogens is 324 g/mol. The number of nitrogens with zero attached hydrogens (tertiary/aromatic N) is 1. The van der Waals surface area contributed by atoms with Gasteiger partial charge in [-0.25, -0.2) is 13.1 Å². The summed E-state index contributed by atoms with van der Waals surface area (Å²) >= 11 is 0. The van der Waals surface area contributed by atoms with Crippen LogP contribution in [0.1, 0.15) is 59.8 Å². The molecular formula is C17H36N4O2S. The van der Waals surface area contributed by atoms with Crippen LogP contribution in [0.4, 0.5) is 0 Å². The van der Waals surface area contributed by atoms with Gasteiger partial charge in [-0.2, -0.15) is 0 Å². The molecule has 3 N–H and O–H groups in total. The minimum Gasteiger partial charge on any atom is -0.355 e. The molecule has 0 radical (unpaired) electrons. The summed E-state index contributed by atoms with van der Waals surface area (Å²) in [6.07, 6.45) is 5.68. The van der Waals surface area contributed by atoms with Crippen LogP contribution in [0.25, 0.3) is 0 Å². The quantitative estimate of drug-likeness (QED) is 0.434. The van der Waals surface area contributed by atoms with Crippen molar-refractivity contribution in [3.63, 3.8) is 0 Å². The summed E-state index contributed by atoms with van der Waals surface area (Å²) in [7, 11) is -1.51. The lowest BCUT2D eigenvalue weighted by Gasteiger charge is -2.25. The zero-order valence-corrected chi connectivity index (χ0v) is 16.8. The number of guanidine groups is 1. The van der Waals surface area contributed by atoms with Gasteiger partial charge < -0.3 is 10.6 Å². The Kier molecular flexibility index (Phi) is 8.50. The Morgan fingerprint density at radius 2 is 1.96 bits per heavy atom. The van der Waals surface area contributed by atoms with Gasteiger partial charge in [-0.3, -0.25) is 4.99 Å². The lowest BCUT2D eigenvalue weighted by atomic mass is 9.86. The van der Waals surface area contributed by atoms with Crippen molar-refractivity contribution in [1.82, 2.24) is 15.4 Å². The summed E-state index contributed by atoms with van der Waals surface area (Å²) in [5.74, 6) is 1.26. The van der Waals surface area contributed by atoms with Crippen molar-refractivity contribution in [3.05, 3.63) is 0 Å². The van der Waals surface area contributed by atoms with E-state index in [0.29, 0.717) is 36.4 Å². The molecule has 0 heterocycles. The molecule has 0 aromatic carbocycles. The fraction of sp³-hybridized carbons (Fsp3) is 0.941. The van der Waals surface area contributed by atoms with Crippen LogP contribution < -0.4 is 15.4 Å². The summed E-state index contributed by atoms with van der Waals surface area (Å²) in [5.41, 5.74) is 0.313. The van der Waals surface area contributed by atoms with E-state index in [1.807, 2.05) is 0 Å². The van der Waals surface area contributed by atoms with Gasteiger partial charge in [0.25, 0.3) is 0 Å². The SMILES string of the molecule is CN=C(NCCS(=O)(=O)NCC1CCC1)NC(C)CCC(C)(C)C. The number of rotatable bonds is 9. The van der Waals surface area contributed by atoms with Gasteiger partial charge in [0.1, 0.15) is 0 Å². The maximum Gasteiger partial charge on any atom is 0.213 e. The second kappa shape index (κ2) is 9.61. The average molecular weight is 361 g/mol. The van der Waals surface area contributed by atoms with E-state index in [2.05, 4.69) is 48.0 Å². The monoisotopic (exact) mass is 360 g/mol. The highest BCUT2D eigenvalue weighted by atomic mass is 32.2. The van der Waals surface area contributed by atoms with E-state index in [1.165, 1.54) is 6.42 Å². The van der Waals surface area contributed by atoms with Crippen molar-refractivity contribution in [3.8, 4) is 0 Å². The van der Waals surface area contributed by atoms with E-state index in [9.17, 15) is 8.42 Å². The molecule has 1 aliphatic carbocycles. The molecule has 0 aliphatic heterocycles. The van der Waals surface area contributed by atoms with E-state index < -0.39 is 10.0 Å². The van der Waals surface area contributed by atoms with Crippen molar-refractivity contribution in [1.29, 1.82) is 0 Å². The topological polar surface area (TPSA) is 82.6 Å². The number of sulfonamides is 1. The standard InChI is InChI=1S/C17H36N4O2S/c1-14(9-10-17(2,3)4)21-16(18-5)19-11-12-24(22,23)20-13-15-7-6-8-15/h14-15,20H,6-13H2,1-5H3,(H2,18,19,21). The molecule has 142 valence electrons. The third-order valence-corrected chi connectivity index (χ3v) is 5.76. The second-order valence-electron chi connectivity index (χ2n) is 8.11. The van der Waals surface area contributed by atoms with Gasteiger partial charge in [-0.15, -0.1) is 0 Å². The molecule has 1 saturated carbocycles. The molecule has 1 fully saturated rings. The summed E-state index contributed by atoms with van der Waals surface area (Å²) in [6.45, 7) is 9.75. The van der Waals surface area contributed by atoms with Gasteiger partial charge in [0.2, 0.25) is 10.0 Å². The maximum absolute atomic E-state index is 12.0. The third-order valence-electron chi connectivity index (χ3n) is 4.41. The molecule has 1 atom stereocenters. The van der Waals surface area contributed by atoms with Crippen molar-refractivity contribution in [2.45, 2.75) is 65.8 Å². The van der Waals surface area contributed by atoms with E-state index in [0.717, 1.165) is 25.7 Å². The van der Waals surface area contributed by atoms with Crippen LogP contribution in [0.15, 0.2) is 4.99 Å². The van der Waals surface area contributed by atoms with Crippen LogP contribution in [0.5, 0.6) is 0 Å². The fourth-order valence-electron chi connectivity index (χ4n) is 2.47. The Hall–Kier alpha value is -0.820. The highest BCUT2D eigenvalue weighted by Crippen LogP contribution is 2.25. The normalized spacial score (nSPS) is 18.1. The van der Waals surface area contributed by atoms with Crippen LogP contribution in [0.2, 0.25) is 0 Å². The first-order valence-corrected chi connectivity index (χ1v) is 10.7. The average Bonchev–Trinajstić information content (AvgIpc) is 2.41. The first-order chi connectivity index (χ1) is 11.1. The smallest absolute Gasteiger partial charge is 0.213 e. The van der Waals surface area contributed by atoms with Gasteiger partial charge in [-0.05, 0) is 43.9 Å². The Morgan fingerprint density at radius 3 is 2.46 bits per heavy atom. The predicted molar refractivity (Wildman–Crippen MR) is 102 cm³/mol. The second-order valence-corrected chi connectivity index (χ2v) is 10.0. The Labute approximate surface area is 148 Å². The molecule has 0 spiro atoms. The van der Waals surface area contributed by atoms with Crippen molar-refractivity contribution < 1.29 is 8.42 Å². The summed E-state index contributed by atoms with van der Waals surface area (Å²) in [5, 5.41) is 6.41. The number of nitrogens with one attached hydrogen (secondary N) is 3. The van der Waals surface area contributed by atoms with E-state index in [4.69, 9.17) is 0 Å². The predicted octanol–water partition coefficient (Wildman–Crippen LogP) is 2.09. The van der Waals surface area contributed by atoms with Gasteiger partial charge >= 0.3 is 0 Å². The van der Waals surface area contributed by atoms with Crippen molar-refractivity contribution in [2.24, 2.45) is 16.3 Å². The van der Waals surface area contributed by atoms with E-state index in [-0.39, 0.29) is 5.75 Å². The lowest BCUT2D eigenvalue weighted by Crippen LogP contribution is -2.45. The Balaban J connectivity index is 2.25. The zero-order chi connectivity index (χ0) is 18.2. The summed E-state index contributed by atoms with van der Waals surface area (Å²) in [4.78, 5) is 4.17. The first-order valence-electron chi connectivity index (χ1n) is 9.06. The maximum atomic E-state index is 12.0. The molecule has 24 heavy (non-hydrogen) atoms. The van der Waals surface area contributed by atoms with Crippen LogP contribution in [0, 0.1) is 11.3 Å². The fourth-order valence-corrected chi connectivity index (χ4v) is 3.47. The third kappa shape index (κ3) is 9.47. The molecule has 0 amide bonds. The van der Waals surface area contributed by atoms with Gasteiger partial charge in [0.15, 0.2) is 5.96 Å². The molecule has 7 heteroatoms. The first kappa shape index (κ1) is 21.2. The van der Waals surface area contributed by atoms with Crippen LogP contribution >= 0.6 is 0 Å². The highest BCUT2D eigenvalue weighted by molar-refractivity contribution is 7.89. The van der Waals surface area contributed by atoms with Crippen LogP contribution in [-0.4, -0.2) is 46.3 Å². The zero-order valence-electron chi connectivity index (χ0n) is 16.0. The summed E-state index contributed by atoms with van der Waals surface area (Å²) < 4.78 is 26.6. The number of aliphatic imine (C=N–C) groups is 1. The molecule has 0 saturated heterocycles. The van der Waals surface area contributed by atoms with Gasteiger partial charge in [0.05, 0.1) is 5.75 Å². The van der Waals surface area contributed by atoms with Crippen LogP contribution in [0.3, 0.4) is 0 Å². The molecule has 6 nitrogen and oxygen atoms in total. The van der Waals surface area contributed by atoms with Crippen molar-refractivity contribution in [2.75, 3.05) is 25.9 Å². The number of hydrogen-bond acceptors (Lipinski definition) is 3. The van der Waals surface area contributed by atoms with Crippen LogP contribution in [-0.2, 0) is 10.0 Å². The van der Waals surface area contributed by atoms with Gasteiger partial charge in [-0.1, -0.05) is 27.2 Å². The Morgan fingerprint density at radius 1 is 1.29 bits per heavy atom. The Bertz CT molecular complexity index is 493. The minimum absolute atomic E-state index is 0.0663. The number of hydrogen-bond donors (Lipinski definition) is 3. The van der Waals surface area contributed by atoms with Crippen molar-refractivity contribution >= 4 is 16.0 Å². The molecule has 0 bridgehead atoms. The molecule has 0 aromatic heterocycles. The molecule has 1 rings (SSSR count). The minimum atomic E-state index is -3.21. The lowest BCUT2D eigenvalue weighted by molar-refractivity contribution is 0.316. The van der Waals surface area contributed by atoms with E-state index in [1.54, 1.807) is 7.05 Å².